The Morgan fingerprint density at radius 2 is 2.29 bits per heavy atom. The van der Waals surface area contributed by atoms with Crippen LogP contribution in [-0.2, 0) is 0 Å². The Labute approximate surface area is 90.7 Å². The van der Waals surface area contributed by atoms with Gasteiger partial charge in [-0.2, -0.15) is 0 Å². The minimum Gasteiger partial charge on any atom is -0.258 e. The zero-order chi connectivity index (χ0) is 10.6. The monoisotopic (exact) mass is 255 g/mol. The minimum atomic E-state index is -0.360. The number of halogens is 1. The van der Waals surface area contributed by atoms with Crippen molar-refractivity contribution in [2.45, 2.75) is 6.92 Å². The molecule has 0 radical (unpaired) electrons. The topological polar surface area (TPSA) is 43.1 Å². The summed E-state index contributed by atoms with van der Waals surface area (Å²) < 4.78 is 0. The maximum absolute atomic E-state index is 10.6. The molecule has 1 aromatic carbocycles. The van der Waals surface area contributed by atoms with E-state index >= 15 is 0 Å². The van der Waals surface area contributed by atoms with Crippen molar-refractivity contribution >= 4 is 27.7 Å². The predicted octanol–water partition coefficient (Wildman–Crippen LogP) is 3.31. The van der Waals surface area contributed by atoms with Gasteiger partial charge in [-0.1, -0.05) is 40.2 Å². The van der Waals surface area contributed by atoms with Gasteiger partial charge in [0, 0.05) is 17.0 Å². The van der Waals surface area contributed by atoms with E-state index in [1.807, 2.05) is 18.2 Å². The molecule has 0 N–H and O–H groups in total. The van der Waals surface area contributed by atoms with E-state index in [0.29, 0.717) is 5.56 Å². The van der Waals surface area contributed by atoms with Gasteiger partial charge < -0.3 is 0 Å². The third-order valence-corrected chi connectivity index (χ3v) is 2.30. The molecule has 0 atom stereocenters. The smallest absolute Gasteiger partial charge is 0.258 e. The molecular weight excluding hydrogens is 246 g/mol. The highest BCUT2D eigenvalue weighted by Gasteiger charge is 2.10. The van der Waals surface area contributed by atoms with Crippen LogP contribution in [0.3, 0.4) is 0 Å². The van der Waals surface area contributed by atoms with Gasteiger partial charge in [-0.15, -0.1) is 0 Å². The summed E-state index contributed by atoms with van der Waals surface area (Å²) in [5.74, 6) is 0. The highest BCUT2D eigenvalue weighted by molar-refractivity contribution is 9.09. The second kappa shape index (κ2) is 4.91. The van der Waals surface area contributed by atoms with E-state index in [1.165, 1.54) is 6.07 Å². The summed E-state index contributed by atoms with van der Waals surface area (Å²) in [6, 6.07) is 5.07. The molecule has 0 heterocycles. The van der Waals surface area contributed by atoms with Gasteiger partial charge in [0.05, 0.1) is 4.92 Å². The van der Waals surface area contributed by atoms with Crippen molar-refractivity contribution < 1.29 is 4.92 Å². The first-order valence-corrected chi connectivity index (χ1v) is 5.25. The molecule has 1 rings (SSSR count). The summed E-state index contributed by atoms with van der Waals surface area (Å²) in [5, 5.41) is 11.4. The molecule has 0 saturated heterocycles. The van der Waals surface area contributed by atoms with Crippen molar-refractivity contribution in [3.8, 4) is 0 Å². The highest BCUT2D eigenvalue weighted by atomic mass is 79.9. The van der Waals surface area contributed by atoms with Crippen LogP contribution in [0.25, 0.3) is 6.08 Å². The number of allylic oxidation sites excluding steroid dienone is 1. The number of nitro groups is 1. The molecule has 0 spiro atoms. The quantitative estimate of drug-likeness (QED) is 0.473. The minimum absolute atomic E-state index is 0.168. The molecule has 4 heteroatoms. The van der Waals surface area contributed by atoms with Crippen LogP contribution in [0.1, 0.15) is 11.1 Å². The Bertz CT molecular complexity index is 374. The van der Waals surface area contributed by atoms with Crippen molar-refractivity contribution in [2.75, 3.05) is 5.33 Å². The average Bonchev–Trinajstić information content (AvgIpc) is 2.16. The Hall–Kier alpha value is -1.16. The van der Waals surface area contributed by atoms with Crippen LogP contribution in [0.15, 0.2) is 24.3 Å². The van der Waals surface area contributed by atoms with Gasteiger partial charge in [-0.05, 0) is 12.5 Å². The number of alkyl halides is 1. The number of nitro benzene ring substituents is 1. The molecule has 0 saturated carbocycles. The molecule has 0 aromatic heterocycles. The van der Waals surface area contributed by atoms with Crippen LogP contribution in [0, 0.1) is 17.0 Å². The summed E-state index contributed by atoms with van der Waals surface area (Å²) in [4.78, 5) is 10.3. The van der Waals surface area contributed by atoms with Crippen molar-refractivity contribution in [1.82, 2.24) is 0 Å². The van der Waals surface area contributed by atoms with Gasteiger partial charge in [-0.3, -0.25) is 10.1 Å². The zero-order valence-electron chi connectivity index (χ0n) is 7.74. The summed E-state index contributed by atoms with van der Waals surface area (Å²) in [5.41, 5.74) is 1.76. The van der Waals surface area contributed by atoms with E-state index < -0.39 is 0 Å². The van der Waals surface area contributed by atoms with Crippen LogP contribution in [0.4, 0.5) is 5.69 Å². The fourth-order valence-corrected chi connectivity index (χ4v) is 1.38. The zero-order valence-corrected chi connectivity index (χ0v) is 9.32. The van der Waals surface area contributed by atoms with Crippen LogP contribution < -0.4 is 0 Å². The van der Waals surface area contributed by atoms with Crippen molar-refractivity contribution in [3.63, 3.8) is 0 Å². The third kappa shape index (κ3) is 2.42. The van der Waals surface area contributed by atoms with Crippen molar-refractivity contribution in [1.29, 1.82) is 0 Å². The van der Waals surface area contributed by atoms with E-state index in [4.69, 9.17) is 0 Å². The number of rotatable bonds is 3. The largest absolute Gasteiger partial charge is 0.272 e. The summed E-state index contributed by atoms with van der Waals surface area (Å²) >= 11 is 3.26. The Kier molecular flexibility index (Phi) is 3.83. The van der Waals surface area contributed by atoms with Crippen molar-refractivity contribution in [3.05, 3.63) is 45.5 Å². The molecule has 0 bridgehead atoms. The molecule has 74 valence electrons. The molecular formula is C10H10BrNO2. The van der Waals surface area contributed by atoms with Gasteiger partial charge in [0.2, 0.25) is 0 Å². The Balaban J connectivity index is 3.14. The number of hydrogen-bond acceptors (Lipinski definition) is 2. The molecule has 1 aromatic rings. The lowest BCUT2D eigenvalue weighted by atomic mass is 10.1. The van der Waals surface area contributed by atoms with Gasteiger partial charge >= 0.3 is 0 Å². The summed E-state index contributed by atoms with van der Waals surface area (Å²) in [6.45, 7) is 1.76. The maximum atomic E-state index is 10.6. The molecule has 0 amide bonds. The highest BCUT2D eigenvalue weighted by Crippen LogP contribution is 2.21. The maximum Gasteiger partial charge on any atom is 0.272 e. The van der Waals surface area contributed by atoms with Crippen LogP contribution in [-0.4, -0.2) is 10.3 Å². The first kappa shape index (κ1) is 10.9. The fourth-order valence-electron chi connectivity index (χ4n) is 1.19. The van der Waals surface area contributed by atoms with Gasteiger partial charge in [0.25, 0.3) is 5.69 Å². The number of benzene rings is 1. The fraction of sp³-hybridized carbons (Fsp3) is 0.200. The van der Waals surface area contributed by atoms with Gasteiger partial charge in [-0.25, -0.2) is 0 Å². The van der Waals surface area contributed by atoms with Crippen LogP contribution in [0.5, 0.6) is 0 Å². The lowest BCUT2D eigenvalue weighted by Crippen LogP contribution is -1.93. The molecule has 0 aliphatic rings. The van der Waals surface area contributed by atoms with E-state index in [9.17, 15) is 10.1 Å². The average molecular weight is 256 g/mol. The predicted molar refractivity (Wildman–Crippen MR) is 60.7 cm³/mol. The number of hydrogen-bond donors (Lipinski definition) is 0. The molecule has 0 aliphatic carbocycles. The van der Waals surface area contributed by atoms with Crippen molar-refractivity contribution in [2.24, 2.45) is 0 Å². The second-order valence-corrected chi connectivity index (χ2v) is 3.45. The van der Waals surface area contributed by atoms with Gasteiger partial charge in [0.15, 0.2) is 0 Å². The normalized spacial score (nSPS) is 10.7. The van der Waals surface area contributed by atoms with E-state index in [-0.39, 0.29) is 10.6 Å². The summed E-state index contributed by atoms with van der Waals surface area (Å²) in [6.07, 6.45) is 3.78. The van der Waals surface area contributed by atoms with Gasteiger partial charge in [0.1, 0.15) is 0 Å². The standard InChI is InChI=1S/C10H10BrNO2/c1-8-9(5-3-7-11)4-2-6-10(8)12(13)14/h2-6H,7H2,1H3. The third-order valence-electron chi connectivity index (χ3n) is 1.93. The van der Waals surface area contributed by atoms with E-state index in [1.54, 1.807) is 13.0 Å². The van der Waals surface area contributed by atoms with E-state index in [0.717, 1.165) is 10.9 Å². The lowest BCUT2D eigenvalue weighted by Gasteiger charge is -2.00. The first-order chi connectivity index (χ1) is 6.66. The number of nitrogens with zero attached hydrogens (tertiary/aromatic N) is 1. The second-order valence-electron chi connectivity index (χ2n) is 2.81. The first-order valence-electron chi connectivity index (χ1n) is 4.13. The van der Waals surface area contributed by atoms with E-state index in [2.05, 4.69) is 15.9 Å². The lowest BCUT2D eigenvalue weighted by molar-refractivity contribution is -0.385. The Morgan fingerprint density at radius 3 is 2.86 bits per heavy atom. The summed E-state index contributed by atoms with van der Waals surface area (Å²) in [7, 11) is 0. The SMILES string of the molecule is Cc1c(C=CCBr)cccc1[N+](=O)[O-]. The molecule has 3 nitrogen and oxygen atoms in total. The molecule has 0 fully saturated rings. The molecule has 0 unspecified atom stereocenters. The Morgan fingerprint density at radius 1 is 1.57 bits per heavy atom. The van der Waals surface area contributed by atoms with Crippen LogP contribution in [0.2, 0.25) is 0 Å². The molecule has 0 aliphatic heterocycles. The molecule has 14 heavy (non-hydrogen) atoms. The van der Waals surface area contributed by atoms with Crippen LogP contribution >= 0.6 is 15.9 Å².